The Kier molecular flexibility index (Phi) is 4.15. The maximum atomic E-state index is 11.4. The fourth-order valence-electron chi connectivity index (χ4n) is 2.15. The van der Waals surface area contributed by atoms with Crippen LogP contribution in [0.5, 0.6) is 0 Å². The average molecular weight is 290 g/mol. The highest BCUT2D eigenvalue weighted by atomic mass is 32.1. The van der Waals surface area contributed by atoms with Crippen molar-refractivity contribution in [2.24, 2.45) is 0 Å². The zero-order chi connectivity index (χ0) is 14.7. The van der Waals surface area contributed by atoms with Crippen LogP contribution in [0.4, 0.5) is 11.4 Å². The predicted molar refractivity (Wildman–Crippen MR) is 79.0 cm³/mol. The molecule has 2 rings (SSSR count). The van der Waals surface area contributed by atoms with Crippen LogP contribution in [0.1, 0.15) is 20.3 Å². The van der Waals surface area contributed by atoms with E-state index in [9.17, 15) is 10.1 Å². The zero-order valence-electron chi connectivity index (χ0n) is 11.2. The molecule has 0 radical (unpaired) electrons. The highest BCUT2D eigenvalue weighted by molar-refractivity contribution is 7.16. The molecule has 7 heteroatoms. The summed E-state index contributed by atoms with van der Waals surface area (Å²) in [6.45, 7) is 4.36. The molecule has 0 aliphatic heterocycles. The molecule has 1 aromatic carbocycles. The van der Waals surface area contributed by atoms with Gasteiger partial charge in [-0.25, -0.2) is 4.98 Å². The molecular weight excluding hydrogens is 276 g/mol. The average Bonchev–Trinajstić information content (AvgIpc) is 2.86. The van der Waals surface area contributed by atoms with Gasteiger partial charge in [0.2, 0.25) is 0 Å². The first-order valence-corrected chi connectivity index (χ1v) is 7.08. The summed E-state index contributed by atoms with van der Waals surface area (Å²) in [6, 6.07) is 5.74. The number of hydrogen-bond acceptors (Lipinski definition) is 6. The van der Waals surface area contributed by atoms with E-state index >= 15 is 0 Å². The van der Waals surface area contributed by atoms with E-state index in [1.165, 1.54) is 11.3 Å². The van der Waals surface area contributed by atoms with Crippen molar-refractivity contribution in [1.29, 1.82) is 5.26 Å². The van der Waals surface area contributed by atoms with E-state index in [1.807, 2.05) is 24.8 Å². The molecule has 0 amide bonds. The third kappa shape index (κ3) is 2.56. The van der Waals surface area contributed by atoms with Gasteiger partial charge in [0.25, 0.3) is 0 Å². The van der Waals surface area contributed by atoms with Crippen molar-refractivity contribution in [3.05, 3.63) is 27.8 Å². The molecule has 0 spiro atoms. The van der Waals surface area contributed by atoms with E-state index in [4.69, 9.17) is 5.26 Å². The molecule has 2 aromatic rings. The highest BCUT2D eigenvalue weighted by Gasteiger charge is 2.25. The first-order valence-electron chi connectivity index (χ1n) is 6.20. The number of aromatic nitrogens is 1. The Morgan fingerprint density at radius 1 is 1.55 bits per heavy atom. The van der Waals surface area contributed by atoms with E-state index in [-0.39, 0.29) is 16.7 Å². The molecule has 0 N–H and O–H groups in total. The SMILES string of the molecule is CC(C)N(CCC#N)c1ccc2scnc2c1[N+](=O)[O-]. The van der Waals surface area contributed by atoms with Crippen molar-refractivity contribution in [1.82, 2.24) is 4.98 Å². The van der Waals surface area contributed by atoms with Crippen LogP contribution >= 0.6 is 11.3 Å². The Balaban J connectivity index is 2.59. The minimum Gasteiger partial charge on any atom is -0.362 e. The second kappa shape index (κ2) is 5.84. The lowest BCUT2D eigenvalue weighted by Gasteiger charge is -2.27. The lowest BCUT2D eigenvalue weighted by Crippen LogP contribution is -2.32. The summed E-state index contributed by atoms with van der Waals surface area (Å²) >= 11 is 1.38. The summed E-state index contributed by atoms with van der Waals surface area (Å²) in [6.07, 6.45) is 0.324. The Hall–Kier alpha value is -2.20. The summed E-state index contributed by atoms with van der Waals surface area (Å²) in [5.41, 5.74) is 2.57. The van der Waals surface area contributed by atoms with E-state index in [1.54, 1.807) is 11.6 Å². The standard InChI is InChI=1S/C13H14N4O2S/c1-9(2)16(7-3-6-14)10-4-5-11-12(15-8-20-11)13(10)17(18)19/h4-5,8-9H,3,7H2,1-2H3. The predicted octanol–water partition coefficient (Wildman–Crippen LogP) is 3.33. The van der Waals surface area contributed by atoms with Crippen LogP contribution in [0.25, 0.3) is 10.2 Å². The first kappa shape index (κ1) is 14.2. The summed E-state index contributed by atoms with van der Waals surface area (Å²) < 4.78 is 0.796. The maximum Gasteiger partial charge on any atom is 0.319 e. The highest BCUT2D eigenvalue weighted by Crippen LogP contribution is 2.37. The number of nitro benzene ring substituents is 1. The van der Waals surface area contributed by atoms with Crippen molar-refractivity contribution in [2.75, 3.05) is 11.4 Å². The Morgan fingerprint density at radius 3 is 2.90 bits per heavy atom. The molecule has 1 heterocycles. The van der Waals surface area contributed by atoms with Crippen LogP contribution in [0, 0.1) is 21.4 Å². The normalized spacial score (nSPS) is 10.7. The van der Waals surface area contributed by atoms with Gasteiger partial charge in [-0.2, -0.15) is 5.26 Å². The van der Waals surface area contributed by atoms with E-state index in [0.717, 1.165) is 4.70 Å². The molecule has 0 atom stereocenters. The molecule has 0 saturated carbocycles. The second-order valence-corrected chi connectivity index (χ2v) is 5.47. The number of rotatable bonds is 5. The Bertz CT molecular complexity index is 675. The van der Waals surface area contributed by atoms with Gasteiger partial charge in [0, 0.05) is 12.6 Å². The Labute approximate surface area is 120 Å². The van der Waals surface area contributed by atoms with Crippen molar-refractivity contribution < 1.29 is 4.92 Å². The number of benzene rings is 1. The number of fused-ring (bicyclic) bond motifs is 1. The number of nitrogens with zero attached hydrogens (tertiary/aromatic N) is 4. The minimum atomic E-state index is -0.390. The minimum absolute atomic E-state index is 0.0235. The summed E-state index contributed by atoms with van der Waals surface area (Å²) in [5.74, 6) is 0. The lowest BCUT2D eigenvalue weighted by atomic mass is 10.2. The zero-order valence-corrected chi connectivity index (χ0v) is 12.1. The van der Waals surface area contributed by atoms with Gasteiger partial charge < -0.3 is 4.90 Å². The molecule has 20 heavy (non-hydrogen) atoms. The topological polar surface area (TPSA) is 83.1 Å². The number of thiazole rings is 1. The van der Waals surface area contributed by atoms with E-state index < -0.39 is 0 Å². The summed E-state index contributed by atoms with van der Waals surface area (Å²) in [5, 5.41) is 20.2. The maximum absolute atomic E-state index is 11.4. The van der Waals surface area contributed by atoms with Crippen molar-refractivity contribution in [3.8, 4) is 6.07 Å². The van der Waals surface area contributed by atoms with Gasteiger partial charge in [0.15, 0.2) is 5.52 Å². The van der Waals surface area contributed by atoms with Crippen molar-refractivity contribution in [2.45, 2.75) is 26.3 Å². The van der Waals surface area contributed by atoms with Crippen LogP contribution in [-0.4, -0.2) is 22.5 Å². The molecule has 0 fully saturated rings. The van der Waals surface area contributed by atoms with E-state index in [2.05, 4.69) is 11.1 Å². The van der Waals surface area contributed by atoms with Gasteiger partial charge in [-0.15, -0.1) is 11.3 Å². The third-order valence-electron chi connectivity index (χ3n) is 3.03. The quantitative estimate of drug-likeness (QED) is 0.623. The number of anilines is 1. The van der Waals surface area contributed by atoms with Gasteiger partial charge >= 0.3 is 5.69 Å². The van der Waals surface area contributed by atoms with Gasteiger partial charge in [0.05, 0.1) is 27.6 Å². The fraction of sp³-hybridized carbons (Fsp3) is 0.385. The Morgan fingerprint density at radius 2 is 2.30 bits per heavy atom. The molecule has 6 nitrogen and oxygen atoms in total. The van der Waals surface area contributed by atoms with Gasteiger partial charge in [-0.3, -0.25) is 10.1 Å². The number of nitriles is 1. The first-order chi connectivity index (χ1) is 9.56. The molecular formula is C13H14N4O2S. The summed E-state index contributed by atoms with van der Waals surface area (Å²) in [4.78, 5) is 17.0. The van der Waals surface area contributed by atoms with Gasteiger partial charge in [-0.05, 0) is 26.0 Å². The van der Waals surface area contributed by atoms with Gasteiger partial charge in [-0.1, -0.05) is 0 Å². The number of nitro groups is 1. The fourth-order valence-corrected chi connectivity index (χ4v) is 2.82. The molecule has 0 aliphatic carbocycles. The second-order valence-electron chi connectivity index (χ2n) is 4.58. The third-order valence-corrected chi connectivity index (χ3v) is 3.83. The monoisotopic (exact) mass is 290 g/mol. The molecule has 0 aliphatic rings. The smallest absolute Gasteiger partial charge is 0.319 e. The molecule has 0 bridgehead atoms. The van der Waals surface area contributed by atoms with Gasteiger partial charge in [0.1, 0.15) is 5.69 Å². The van der Waals surface area contributed by atoms with Crippen LogP contribution in [0.3, 0.4) is 0 Å². The van der Waals surface area contributed by atoms with Crippen LogP contribution < -0.4 is 4.90 Å². The summed E-state index contributed by atoms with van der Waals surface area (Å²) in [7, 11) is 0. The molecule has 1 aromatic heterocycles. The largest absolute Gasteiger partial charge is 0.362 e. The van der Waals surface area contributed by atoms with Crippen LogP contribution in [0.2, 0.25) is 0 Å². The number of hydrogen-bond donors (Lipinski definition) is 0. The molecule has 0 saturated heterocycles. The van der Waals surface area contributed by atoms with E-state index in [0.29, 0.717) is 24.2 Å². The van der Waals surface area contributed by atoms with Crippen LogP contribution in [-0.2, 0) is 0 Å². The lowest BCUT2D eigenvalue weighted by molar-refractivity contribution is -0.382. The van der Waals surface area contributed by atoms with Crippen LogP contribution in [0.15, 0.2) is 17.6 Å². The molecule has 104 valence electrons. The van der Waals surface area contributed by atoms with Crippen molar-refractivity contribution >= 4 is 32.9 Å². The van der Waals surface area contributed by atoms with Crippen molar-refractivity contribution in [3.63, 3.8) is 0 Å². The molecule has 0 unspecified atom stereocenters.